The van der Waals surface area contributed by atoms with Gasteiger partial charge in [0.15, 0.2) is 5.82 Å². The van der Waals surface area contributed by atoms with E-state index in [0.29, 0.717) is 12.4 Å². The highest BCUT2D eigenvalue weighted by Gasteiger charge is 2.11. The molecule has 7 nitrogen and oxygen atoms in total. The number of nitrogens with zero attached hydrogens (tertiary/aromatic N) is 5. The van der Waals surface area contributed by atoms with Crippen LogP contribution in [0.1, 0.15) is 11.3 Å². The van der Waals surface area contributed by atoms with Gasteiger partial charge in [0.1, 0.15) is 12.1 Å². The molecule has 0 radical (unpaired) electrons. The smallest absolute Gasteiger partial charge is 0.247 e. The molecule has 0 bridgehead atoms. The monoisotopic (exact) mass is 346 g/mol. The Morgan fingerprint density at radius 1 is 1.04 bits per heavy atom. The maximum absolute atomic E-state index is 12.4. The van der Waals surface area contributed by atoms with Gasteiger partial charge in [-0.05, 0) is 24.6 Å². The molecule has 26 heavy (non-hydrogen) atoms. The summed E-state index contributed by atoms with van der Waals surface area (Å²) in [5.74, 6) is 0.345. The van der Waals surface area contributed by atoms with E-state index in [1.54, 1.807) is 4.68 Å². The first-order chi connectivity index (χ1) is 12.7. The molecule has 130 valence electrons. The lowest BCUT2D eigenvalue weighted by Gasteiger charge is -2.04. The SMILES string of the molecule is Cc1cc(NC(=O)Cn2nnc3ccccc32)nn1Cc1ccccc1. The molecule has 0 unspecified atom stereocenters. The molecule has 0 aliphatic rings. The summed E-state index contributed by atoms with van der Waals surface area (Å²) in [6.07, 6.45) is 0. The van der Waals surface area contributed by atoms with Crippen LogP contribution in [0.15, 0.2) is 60.7 Å². The number of fused-ring (bicyclic) bond motifs is 1. The van der Waals surface area contributed by atoms with Crippen molar-refractivity contribution in [3.05, 3.63) is 71.9 Å². The Morgan fingerprint density at radius 3 is 2.65 bits per heavy atom. The van der Waals surface area contributed by atoms with E-state index in [0.717, 1.165) is 22.3 Å². The molecule has 2 aromatic carbocycles. The van der Waals surface area contributed by atoms with E-state index < -0.39 is 0 Å². The Bertz CT molecular complexity index is 1050. The van der Waals surface area contributed by atoms with Crippen LogP contribution in [0.2, 0.25) is 0 Å². The summed E-state index contributed by atoms with van der Waals surface area (Å²) in [6, 6.07) is 19.5. The zero-order valence-corrected chi connectivity index (χ0v) is 14.3. The maximum atomic E-state index is 12.4. The number of aryl methyl sites for hydroxylation is 1. The van der Waals surface area contributed by atoms with Crippen molar-refractivity contribution < 1.29 is 4.79 Å². The highest BCUT2D eigenvalue weighted by Crippen LogP contribution is 2.13. The summed E-state index contributed by atoms with van der Waals surface area (Å²) >= 11 is 0. The predicted molar refractivity (Wildman–Crippen MR) is 98.7 cm³/mol. The number of carbonyl (C=O) groups is 1. The number of benzene rings is 2. The van der Waals surface area contributed by atoms with Crippen molar-refractivity contribution >= 4 is 22.8 Å². The van der Waals surface area contributed by atoms with Crippen molar-refractivity contribution in [2.24, 2.45) is 0 Å². The van der Waals surface area contributed by atoms with E-state index in [1.807, 2.05) is 60.1 Å². The number of hydrogen-bond acceptors (Lipinski definition) is 4. The minimum Gasteiger partial charge on any atom is -0.308 e. The molecule has 1 amide bonds. The summed E-state index contributed by atoms with van der Waals surface area (Å²) in [5.41, 5.74) is 3.73. The molecule has 0 aliphatic carbocycles. The first-order valence-corrected chi connectivity index (χ1v) is 8.35. The summed E-state index contributed by atoms with van der Waals surface area (Å²) < 4.78 is 3.45. The van der Waals surface area contributed by atoms with Crippen LogP contribution in [0, 0.1) is 6.92 Å². The van der Waals surface area contributed by atoms with Crippen LogP contribution in [0.3, 0.4) is 0 Å². The van der Waals surface area contributed by atoms with E-state index in [-0.39, 0.29) is 12.5 Å². The first kappa shape index (κ1) is 16.0. The zero-order valence-electron chi connectivity index (χ0n) is 14.3. The van der Waals surface area contributed by atoms with Gasteiger partial charge in [0.2, 0.25) is 5.91 Å². The number of nitrogens with one attached hydrogen (secondary N) is 1. The van der Waals surface area contributed by atoms with Crippen LogP contribution < -0.4 is 5.32 Å². The van der Waals surface area contributed by atoms with E-state index in [1.165, 1.54) is 0 Å². The minimum atomic E-state index is -0.190. The number of aromatic nitrogens is 5. The lowest BCUT2D eigenvalue weighted by Crippen LogP contribution is -2.20. The van der Waals surface area contributed by atoms with Crippen molar-refractivity contribution in [1.82, 2.24) is 24.8 Å². The van der Waals surface area contributed by atoms with Gasteiger partial charge in [-0.1, -0.05) is 47.7 Å². The number of hydrogen-bond donors (Lipinski definition) is 1. The lowest BCUT2D eigenvalue weighted by atomic mass is 10.2. The van der Waals surface area contributed by atoms with Crippen LogP contribution in [0.5, 0.6) is 0 Å². The van der Waals surface area contributed by atoms with E-state index in [2.05, 4.69) is 32.9 Å². The Balaban J connectivity index is 1.45. The average Bonchev–Trinajstić information content (AvgIpc) is 3.20. The van der Waals surface area contributed by atoms with Gasteiger partial charge in [0.25, 0.3) is 0 Å². The molecule has 0 spiro atoms. The van der Waals surface area contributed by atoms with Gasteiger partial charge in [0.05, 0.1) is 12.1 Å². The Labute approximate surface area is 150 Å². The molecule has 4 rings (SSSR count). The van der Waals surface area contributed by atoms with Gasteiger partial charge < -0.3 is 5.32 Å². The number of carbonyl (C=O) groups excluding carboxylic acids is 1. The number of anilines is 1. The Hall–Kier alpha value is -3.48. The molecule has 2 heterocycles. The van der Waals surface area contributed by atoms with Crippen LogP contribution in [0.4, 0.5) is 5.82 Å². The van der Waals surface area contributed by atoms with E-state index in [4.69, 9.17) is 0 Å². The number of amides is 1. The molecular weight excluding hydrogens is 328 g/mol. The van der Waals surface area contributed by atoms with Gasteiger partial charge in [0, 0.05) is 11.8 Å². The fourth-order valence-corrected chi connectivity index (χ4v) is 2.84. The minimum absolute atomic E-state index is 0.0884. The van der Waals surface area contributed by atoms with Gasteiger partial charge >= 0.3 is 0 Å². The first-order valence-electron chi connectivity index (χ1n) is 8.35. The predicted octanol–water partition coefficient (Wildman–Crippen LogP) is 2.62. The largest absolute Gasteiger partial charge is 0.308 e. The van der Waals surface area contributed by atoms with Crippen molar-refractivity contribution in [3.8, 4) is 0 Å². The van der Waals surface area contributed by atoms with E-state index >= 15 is 0 Å². The molecule has 1 N–H and O–H groups in total. The number of rotatable bonds is 5. The van der Waals surface area contributed by atoms with Crippen LogP contribution >= 0.6 is 0 Å². The molecule has 2 aromatic heterocycles. The standard InChI is InChI=1S/C19H18N6O/c1-14-11-18(22-24(14)12-15-7-3-2-4-8-15)20-19(26)13-25-17-10-6-5-9-16(17)21-23-25/h2-11H,12-13H2,1H3,(H,20,22,26). The van der Waals surface area contributed by atoms with Crippen LogP contribution in [-0.2, 0) is 17.9 Å². The van der Waals surface area contributed by atoms with Crippen LogP contribution in [-0.4, -0.2) is 30.7 Å². The Kier molecular flexibility index (Phi) is 4.18. The lowest BCUT2D eigenvalue weighted by molar-refractivity contribution is -0.116. The second-order valence-corrected chi connectivity index (χ2v) is 6.10. The van der Waals surface area contributed by atoms with Crippen molar-refractivity contribution in [2.45, 2.75) is 20.0 Å². The molecule has 0 fully saturated rings. The topological polar surface area (TPSA) is 77.6 Å². The fraction of sp³-hybridized carbons (Fsp3) is 0.158. The molecule has 7 heteroatoms. The second-order valence-electron chi connectivity index (χ2n) is 6.10. The molecule has 0 saturated heterocycles. The van der Waals surface area contributed by atoms with Gasteiger partial charge in [-0.2, -0.15) is 5.10 Å². The summed E-state index contributed by atoms with van der Waals surface area (Å²) in [4.78, 5) is 12.4. The average molecular weight is 346 g/mol. The van der Waals surface area contributed by atoms with Crippen molar-refractivity contribution in [3.63, 3.8) is 0 Å². The summed E-state index contributed by atoms with van der Waals surface area (Å²) in [6.45, 7) is 2.72. The Morgan fingerprint density at radius 2 is 1.81 bits per heavy atom. The fourth-order valence-electron chi connectivity index (χ4n) is 2.84. The number of para-hydroxylation sites is 1. The zero-order chi connectivity index (χ0) is 17.9. The van der Waals surface area contributed by atoms with Crippen LogP contribution in [0.25, 0.3) is 11.0 Å². The quantitative estimate of drug-likeness (QED) is 0.602. The molecule has 4 aromatic rings. The normalized spacial score (nSPS) is 11.0. The van der Waals surface area contributed by atoms with Gasteiger partial charge in [-0.25, -0.2) is 4.68 Å². The highest BCUT2D eigenvalue weighted by molar-refractivity contribution is 5.90. The highest BCUT2D eigenvalue weighted by atomic mass is 16.2. The van der Waals surface area contributed by atoms with Crippen molar-refractivity contribution in [1.29, 1.82) is 0 Å². The summed E-state index contributed by atoms with van der Waals surface area (Å²) in [5, 5.41) is 15.4. The third-order valence-electron chi connectivity index (χ3n) is 4.14. The molecule has 0 aliphatic heterocycles. The van der Waals surface area contributed by atoms with E-state index in [9.17, 15) is 4.79 Å². The van der Waals surface area contributed by atoms with Crippen molar-refractivity contribution in [2.75, 3.05) is 5.32 Å². The van der Waals surface area contributed by atoms with Gasteiger partial charge in [-0.15, -0.1) is 5.10 Å². The molecule has 0 saturated carbocycles. The summed E-state index contributed by atoms with van der Waals surface area (Å²) in [7, 11) is 0. The second kappa shape index (κ2) is 6.79. The molecule has 0 atom stereocenters. The van der Waals surface area contributed by atoms with Gasteiger partial charge in [-0.3, -0.25) is 9.48 Å². The maximum Gasteiger partial charge on any atom is 0.247 e. The molecular formula is C19H18N6O. The third-order valence-corrected chi connectivity index (χ3v) is 4.14. The third kappa shape index (κ3) is 3.32.